The van der Waals surface area contributed by atoms with Crippen LogP contribution in [0.1, 0.15) is 63.1 Å². The van der Waals surface area contributed by atoms with E-state index in [-0.39, 0.29) is 6.04 Å². The van der Waals surface area contributed by atoms with Crippen LogP contribution in [0.15, 0.2) is 35.2 Å². The highest BCUT2D eigenvalue weighted by atomic mass is 16.3. The molecule has 21 heavy (non-hydrogen) atoms. The first-order valence-corrected chi connectivity index (χ1v) is 8.07. The fraction of sp³-hybridized carbons (Fsp3) is 0.588. The Bertz CT molecular complexity index is 490. The number of aryl methyl sites for hydroxylation is 1. The molecule has 1 unspecified atom stereocenters. The summed E-state index contributed by atoms with van der Waals surface area (Å²) < 4.78 is 7.61. The first-order chi connectivity index (χ1) is 10.3. The van der Waals surface area contributed by atoms with E-state index in [2.05, 4.69) is 17.2 Å². The third-order valence-electron chi connectivity index (χ3n) is 3.82. The average molecular weight is 289 g/mol. The smallest absolute Gasteiger partial charge is 0.133 e. The molecule has 2 aromatic heterocycles. The Hall–Kier alpha value is -1.55. The van der Waals surface area contributed by atoms with E-state index in [9.17, 15) is 0 Å². The SMILES string of the molecule is CCCCCCCCNC(c1ccco1)c1nccn1C. The van der Waals surface area contributed by atoms with Crippen molar-refractivity contribution in [3.63, 3.8) is 0 Å². The summed E-state index contributed by atoms with van der Waals surface area (Å²) in [5, 5.41) is 3.58. The zero-order valence-corrected chi connectivity index (χ0v) is 13.2. The molecule has 1 atom stereocenters. The van der Waals surface area contributed by atoms with Crippen molar-refractivity contribution in [3.05, 3.63) is 42.4 Å². The predicted octanol–water partition coefficient (Wildman–Crippen LogP) is 4.05. The molecular formula is C17H27N3O. The van der Waals surface area contributed by atoms with Gasteiger partial charge >= 0.3 is 0 Å². The first kappa shape index (κ1) is 15.8. The lowest BCUT2D eigenvalue weighted by atomic mass is 10.1. The van der Waals surface area contributed by atoms with Gasteiger partial charge in [-0.3, -0.25) is 0 Å². The molecule has 2 rings (SSSR count). The molecule has 0 aliphatic heterocycles. The highest BCUT2D eigenvalue weighted by molar-refractivity contribution is 5.15. The van der Waals surface area contributed by atoms with E-state index in [4.69, 9.17) is 4.42 Å². The lowest BCUT2D eigenvalue weighted by Crippen LogP contribution is -2.25. The molecule has 0 bridgehead atoms. The molecule has 0 spiro atoms. The zero-order chi connectivity index (χ0) is 14.9. The molecule has 0 radical (unpaired) electrons. The lowest BCUT2D eigenvalue weighted by molar-refractivity contribution is 0.424. The summed E-state index contributed by atoms with van der Waals surface area (Å²) in [5.41, 5.74) is 0. The van der Waals surface area contributed by atoms with Crippen molar-refractivity contribution in [2.45, 2.75) is 51.5 Å². The highest BCUT2D eigenvalue weighted by Crippen LogP contribution is 2.20. The van der Waals surface area contributed by atoms with Crippen LogP contribution in [0.4, 0.5) is 0 Å². The van der Waals surface area contributed by atoms with Crippen LogP contribution in [0.25, 0.3) is 0 Å². The number of unbranched alkanes of at least 4 members (excludes halogenated alkanes) is 5. The molecule has 4 nitrogen and oxygen atoms in total. The third-order valence-corrected chi connectivity index (χ3v) is 3.82. The van der Waals surface area contributed by atoms with Crippen molar-refractivity contribution < 1.29 is 4.42 Å². The Morgan fingerprint density at radius 1 is 1.24 bits per heavy atom. The summed E-state index contributed by atoms with van der Waals surface area (Å²) in [5.74, 6) is 1.92. The van der Waals surface area contributed by atoms with Crippen LogP contribution in [0, 0.1) is 0 Å². The van der Waals surface area contributed by atoms with Crippen molar-refractivity contribution in [3.8, 4) is 0 Å². The molecule has 2 heterocycles. The van der Waals surface area contributed by atoms with Crippen molar-refractivity contribution in [1.82, 2.24) is 14.9 Å². The van der Waals surface area contributed by atoms with Gasteiger partial charge < -0.3 is 14.3 Å². The Morgan fingerprint density at radius 3 is 2.71 bits per heavy atom. The summed E-state index contributed by atoms with van der Waals surface area (Å²) in [6, 6.07) is 3.97. The number of aromatic nitrogens is 2. The van der Waals surface area contributed by atoms with E-state index < -0.39 is 0 Å². The molecule has 0 aromatic carbocycles. The van der Waals surface area contributed by atoms with Crippen LogP contribution in [0.3, 0.4) is 0 Å². The van der Waals surface area contributed by atoms with Crippen molar-refractivity contribution >= 4 is 0 Å². The average Bonchev–Trinajstić information content (AvgIpc) is 3.14. The summed E-state index contributed by atoms with van der Waals surface area (Å²) in [6.07, 6.45) is 13.4. The summed E-state index contributed by atoms with van der Waals surface area (Å²) in [7, 11) is 2.02. The van der Waals surface area contributed by atoms with Gasteiger partial charge in [-0.15, -0.1) is 0 Å². The summed E-state index contributed by atoms with van der Waals surface area (Å²) in [6.45, 7) is 3.24. The van der Waals surface area contributed by atoms with Crippen molar-refractivity contribution in [2.75, 3.05) is 6.54 Å². The maximum Gasteiger partial charge on any atom is 0.133 e. The van der Waals surface area contributed by atoms with Gasteiger partial charge in [-0.05, 0) is 25.1 Å². The van der Waals surface area contributed by atoms with Gasteiger partial charge in [0.2, 0.25) is 0 Å². The fourth-order valence-corrected chi connectivity index (χ4v) is 2.58. The minimum absolute atomic E-state index is 0.0376. The van der Waals surface area contributed by atoms with Gasteiger partial charge in [0, 0.05) is 19.4 Å². The molecule has 0 fully saturated rings. The van der Waals surface area contributed by atoms with Gasteiger partial charge in [0.05, 0.1) is 6.26 Å². The van der Waals surface area contributed by atoms with E-state index in [1.54, 1.807) is 6.26 Å². The number of hydrogen-bond acceptors (Lipinski definition) is 3. The van der Waals surface area contributed by atoms with Crippen molar-refractivity contribution in [1.29, 1.82) is 0 Å². The van der Waals surface area contributed by atoms with Gasteiger partial charge in [0.1, 0.15) is 17.6 Å². The standard InChI is InChI=1S/C17H27N3O/c1-3-4-5-6-7-8-11-18-16(15-10-9-14-21-15)17-19-12-13-20(17)2/h9-10,12-14,16,18H,3-8,11H2,1-2H3. The number of furan rings is 1. The zero-order valence-electron chi connectivity index (χ0n) is 13.2. The van der Waals surface area contributed by atoms with E-state index >= 15 is 0 Å². The number of rotatable bonds is 10. The van der Waals surface area contributed by atoms with Crippen molar-refractivity contribution in [2.24, 2.45) is 7.05 Å². The quantitative estimate of drug-likeness (QED) is 0.671. The second-order valence-corrected chi connectivity index (χ2v) is 5.57. The Labute approximate surface area is 127 Å². The third kappa shape index (κ3) is 4.74. The van der Waals surface area contributed by atoms with Gasteiger partial charge in [-0.25, -0.2) is 4.98 Å². The molecule has 0 saturated carbocycles. The summed E-state index contributed by atoms with van der Waals surface area (Å²) in [4.78, 5) is 4.45. The van der Waals surface area contributed by atoms with Gasteiger partial charge in [0.25, 0.3) is 0 Å². The maximum absolute atomic E-state index is 5.57. The Balaban J connectivity index is 1.83. The van der Waals surface area contributed by atoms with Gasteiger partial charge in [0.15, 0.2) is 0 Å². The molecular weight excluding hydrogens is 262 g/mol. The van der Waals surface area contributed by atoms with E-state index in [1.807, 2.05) is 36.1 Å². The molecule has 0 amide bonds. The molecule has 0 aliphatic rings. The van der Waals surface area contributed by atoms with Crippen LogP contribution >= 0.6 is 0 Å². The second kappa shape index (κ2) is 8.67. The predicted molar refractivity (Wildman–Crippen MR) is 85.1 cm³/mol. The number of nitrogens with one attached hydrogen (secondary N) is 1. The minimum atomic E-state index is 0.0376. The van der Waals surface area contributed by atoms with E-state index in [1.165, 1.54) is 38.5 Å². The normalized spacial score (nSPS) is 12.7. The number of hydrogen-bond donors (Lipinski definition) is 1. The van der Waals surface area contributed by atoms with Crippen LogP contribution < -0.4 is 5.32 Å². The molecule has 2 aromatic rings. The Kier molecular flexibility index (Phi) is 6.54. The molecule has 0 saturated heterocycles. The monoisotopic (exact) mass is 289 g/mol. The Morgan fingerprint density at radius 2 is 2.05 bits per heavy atom. The van der Waals surface area contributed by atoms with E-state index in [0.29, 0.717) is 0 Å². The fourth-order valence-electron chi connectivity index (χ4n) is 2.58. The lowest BCUT2D eigenvalue weighted by Gasteiger charge is -2.16. The molecule has 4 heteroatoms. The first-order valence-electron chi connectivity index (χ1n) is 8.07. The van der Waals surface area contributed by atoms with E-state index in [0.717, 1.165) is 18.1 Å². The largest absolute Gasteiger partial charge is 0.467 e. The van der Waals surface area contributed by atoms with Gasteiger partial charge in [-0.1, -0.05) is 39.0 Å². The minimum Gasteiger partial charge on any atom is -0.467 e. The van der Waals surface area contributed by atoms with Gasteiger partial charge in [-0.2, -0.15) is 0 Å². The molecule has 116 valence electrons. The van der Waals surface area contributed by atoms with Crippen LogP contribution in [-0.4, -0.2) is 16.1 Å². The molecule has 0 aliphatic carbocycles. The number of imidazole rings is 1. The maximum atomic E-state index is 5.57. The highest BCUT2D eigenvalue weighted by Gasteiger charge is 2.19. The molecule has 1 N–H and O–H groups in total. The number of nitrogens with zero attached hydrogens (tertiary/aromatic N) is 2. The summed E-state index contributed by atoms with van der Waals surface area (Å²) >= 11 is 0. The van der Waals surface area contributed by atoms with Crippen LogP contribution in [-0.2, 0) is 7.05 Å². The van der Waals surface area contributed by atoms with Crippen LogP contribution in [0.5, 0.6) is 0 Å². The van der Waals surface area contributed by atoms with Crippen LogP contribution in [0.2, 0.25) is 0 Å². The topological polar surface area (TPSA) is 43.0 Å². The second-order valence-electron chi connectivity index (χ2n) is 5.57.